The lowest BCUT2D eigenvalue weighted by atomic mass is 10.4. The highest BCUT2D eigenvalue weighted by molar-refractivity contribution is 7.85. The number of nitrogens with one attached hydrogen (secondary N) is 1. The maximum absolute atomic E-state index is 11.9. The summed E-state index contributed by atoms with van der Waals surface area (Å²) < 4.78 is 13.8. The van der Waals surface area contributed by atoms with E-state index < -0.39 is 10.8 Å². The predicted molar refractivity (Wildman–Crippen MR) is 77.6 cm³/mol. The Kier molecular flexibility index (Phi) is 5.30. The summed E-state index contributed by atoms with van der Waals surface area (Å²) in [5, 5.41) is 7.50. The third-order valence-electron chi connectivity index (χ3n) is 2.75. The Balaban J connectivity index is 1.63. The Labute approximate surface area is 116 Å². The molecule has 19 heavy (non-hydrogen) atoms. The molecule has 0 unspecified atom stereocenters. The minimum atomic E-state index is -0.912. The monoisotopic (exact) mass is 277 g/mol. The summed E-state index contributed by atoms with van der Waals surface area (Å²) in [6, 6.07) is 9.58. The van der Waals surface area contributed by atoms with Crippen molar-refractivity contribution in [1.29, 1.82) is 0 Å². The summed E-state index contributed by atoms with van der Waals surface area (Å²) in [6.07, 6.45) is 3.87. The number of aryl methyl sites for hydroxylation is 1. The van der Waals surface area contributed by atoms with Gasteiger partial charge in [-0.05, 0) is 24.6 Å². The summed E-state index contributed by atoms with van der Waals surface area (Å²) in [5.41, 5.74) is 1.17. The van der Waals surface area contributed by atoms with Crippen molar-refractivity contribution in [3.63, 3.8) is 0 Å². The molecule has 0 aliphatic heterocycles. The van der Waals surface area contributed by atoms with Gasteiger partial charge in [-0.3, -0.25) is 8.89 Å². The first-order chi connectivity index (χ1) is 9.25. The first-order valence-electron chi connectivity index (χ1n) is 6.39. The van der Waals surface area contributed by atoms with Crippen molar-refractivity contribution in [3.05, 3.63) is 48.3 Å². The number of rotatable bonds is 7. The van der Waals surface area contributed by atoms with E-state index in [-0.39, 0.29) is 0 Å². The van der Waals surface area contributed by atoms with Crippen molar-refractivity contribution < 1.29 is 4.21 Å². The quantitative estimate of drug-likeness (QED) is 0.782. The molecule has 0 bridgehead atoms. The summed E-state index contributed by atoms with van der Waals surface area (Å²) >= 11 is 0. The highest BCUT2D eigenvalue weighted by Crippen LogP contribution is 2.04. The topological polar surface area (TPSA) is 46.9 Å². The van der Waals surface area contributed by atoms with E-state index in [0.717, 1.165) is 24.5 Å². The second-order valence-electron chi connectivity index (χ2n) is 4.39. The molecule has 0 fully saturated rings. The van der Waals surface area contributed by atoms with Crippen LogP contribution in [0.4, 0.5) is 0 Å². The van der Waals surface area contributed by atoms with Gasteiger partial charge < -0.3 is 5.32 Å². The maximum Gasteiger partial charge on any atom is 0.0542 e. The van der Waals surface area contributed by atoms with Gasteiger partial charge in [-0.25, -0.2) is 0 Å². The molecule has 2 rings (SSSR count). The van der Waals surface area contributed by atoms with Crippen LogP contribution in [0.3, 0.4) is 0 Å². The molecule has 102 valence electrons. The lowest BCUT2D eigenvalue weighted by molar-refractivity contribution is 0.565. The van der Waals surface area contributed by atoms with Gasteiger partial charge in [0.1, 0.15) is 0 Å². The summed E-state index contributed by atoms with van der Waals surface area (Å²) in [7, 11) is -0.912. The van der Waals surface area contributed by atoms with Crippen LogP contribution < -0.4 is 5.32 Å². The summed E-state index contributed by atoms with van der Waals surface area (Å²) in [5.74, 6) is 0.641. The Hall–Kier alpha value is -1.46. The number of benzene rings is 1. The number of hydrogen-bond donors (Lipinski definition) is 1. The SMILES string of the molecule is Cc1cnn(CCNCC[S@@](=O)c2ccccc2)c1. The van der Waals surface area contributed by atoms with Crippen LogP contribution in [0.1, 0.15) is 5.56 Å². The van der Waals surface area contributed by atoms with E-state index in [1.165, 1.54) is 5.56 Å². The smallest absolute Gasteiger partial charge is 0.0542 e. The predicted octanol–water partition coefficient (Wildman–Crippen LogP) is 1.59. The van der Waals surface area contributed by atoms with Crippen LogP contribution in [0.2, 0.25) is 0 Å². The van der Waals surface area contributed by atoms with E-state index in [9.17, 15) is 4.21 Å². The molecule has 1 N–H and O–H groups in total. The van der Waals surface area contributed by atoms with Gasteiger partial charge in [0, 0.05) is 29.9 Å². The summed E-state index contributed by atoms with van der Waals surface area (Å²) in [6.45, 7) is 4.46. The summed E-state index contributed by atoms with van der Waals surface area (Å²) in [4.78, 5) is 0.895. The Morgan fingerprint density at radius 2 is 2.05 bits per heavy atom. The van der Waals surface area contributed by atoms with Gasteiger partial charge in [0.15, 0.2) is 0 Å². The average molecular weight is 277 g/mol. The molecule has 4 nitrogen and oxygen atoms in total. The Bertz CT molecular complexity index is 524. The average Bonchev–Trinajstić information content (AvgIpc) is 2.85. The largest absolute Gasteiger partial charge is 0.314 e. The van der Waals surface area contributed by atoms with Gasteiger partial charge in [0.25, 0.3) is 0 Å². The molecule has 1 atom stereocenters. The van der Waals surface area contributed by atoms with Crippen molar-refractivity contribution >= 4 is 10.8 Å². The normalized spacial score (nSPS) is 12.5. The van der Waals surface area contributed by atoms with Gasteiger partial charge in [-0.2, -0.15) is 5.10 Å². The second-order valence-corrected chi connectivity index (χ2v) is 5.96. The minimum absolute atomic E-state index is 0.641. The molecule has 5 heteroatoms. The minimum Gasteiger partial charge on any atom is -0.314 e. The van der Waals surface area contributed by atoms with E-state index in [2.05, 4.69) is 10.4 Å². The highest BCUT2D eigenvalue weighted by Gasteiger charge is 2.01. The first-order valence-corrected chi connectivity index (χ1v) is 7.71. The highest BCUT2D eigenvalue weighted by atomic mass is 32.2. The molecule has 0 saturated carbocycles. The standard InChI is InChI=1S/C14H19N3OS/c1-13-11-16-17(12-13)9-7-15-8-10-19(18)14-5-3-2-4-6-14/h2-6,11-12,15H,7-10H2,1H3/t19-/m1/s1. The van der Waals surface area contributed by atoms with Crippen molar-refractivity contribution in [2.24, 2.45) is 0 Å². The van der Waals surface area contributed by atoms with E-state index in [4.69, 9.17) is 0 Å². The molecule has 1 aromatic heterocycles. The first kappa shape index (κ1) is 14.0. The fraction of sp³-hybridized carbons (Fsp3) is 0.357. The molecular weight excluding hydrogens is 258 g/mol. The molecule has 1 aromatic carbocycles. The van der Waals surface area contributed by atoms with Crippen LogP contribution in [0.25, 0.3) is 0 Å². The van der Waals surface area contributed by atoms with Crippen molar-refractivity contribution in [3.8, 4) is 0 Å². The number of hydrogen-bond acceptors (Lipinski definition) is 3. The molecule has 0 spiro atoms. The second kappa shape index (κ2) is 7.21. The zero-order chi connectivity index (χ0) is 13.5. The van der Waals surface area contributed by atoms with Crippen molar-refractivity contribution in [2.45, 2.75) is 18.4 Å². The lowest BCUT2D eigenvalue weighted by Gasteiger charge is -2.05. The van der Waals surface area contributed by atoms with E-state index in [1.54, 1.807) is 0 Å². The van der Waals surface area contributed by atoms with Crippen LogP contribution in [0.15, 0.2) is 47.6 Å². The fourth-order valence-electron chi connectivity index (χ4n) is 1.76. The van der Waals surface area contributed by atoms with Gasteiger partial charge >= 0.3 is 0 Å². The van der Waals surface area contributed by atoms with E-state index in [1.807, 2.05) is 54.3 Å². The van der Waals surface area contributed by atoms with Crippen LogP contribution in [0.5, 0.6) is 0 Å². The molecule has 0 amide bonds. The van der Waals surface area contributed by atoms with Gasteiger partial charge in [-0.1, -0.05) is 18.2 Å². The zero-order valence-electron chi connectivity index (χ0n) is 11.1. The number of aromatic nitrogens is 2. The van der Waals surface area contributed by atoms with Gasteiger partial charge in [0.05, 0.1) is 23.5 Å². The fourth-order valence-corrected chi connectivity index (χ4v) is 2.79. The van der Waals surface area contributed by atoms with Crippen molar-refractivity contribution in [1.82, 2.24) is 15.1 Å². The van der Waals surface area contributed by atoms with Crippen LogP contribution >= 0.6 is 0 Å². The molecule has 0 saturated heterocycles. The van der Waals surface area contributed by atoms with Crippen LogP contribution in [-0.4, -0.2) is 32.8 Å². The molecular formula is C14H19N3OS. The Morgan fingerprint density at radius 1 is 1.26 bits per heavy atom. The third kappa shape index (κ3) is 4.61. The molecule has 2 aromatic rings. The number of nitrogens with zero attached hydrogens (tertiary/aromatic N) is 2. The van der Waals surface area contributed by atoms with Gasteiger partial charge in [0.2, 0.25) is 0 Å². The maximum atomic E-state index is 11.9. The van der Waals surface area contributed by atoms with Crippen LogP contribution in [-0.2, 0) is 17.3 Å². The van der Waals surface area contributed by atoms with Crippen molar-refractivity contribution in [2.75, 3.05) is 18.8 Å². The van der Waals surface area contributed by atoms with Crippen LogP contribution in [0, 0.1) is 6.92 Å². The Morgan fingerprint density at radius 3 is 2.74 bits per heavy atom. The molecule has 0 aliphatic carbocycles. The van der Waals surface area contributed by atoms with Gasteiger partial charge in [-0.15, -0.1) is 0 Å². The third-order valence-corrected chi connectivity index (χ3v) is 4.12. The molecule has 0 radical (unpaired) electrons. The van der Waals surface area contributed by atoms with E-state index in [0.29, 0.717) is 5.75 Å². The molecule has 0 aliphatic rings. The zero-order valence-corrected chi connectivity index (χ0v) is 11.9. The van der Waals surface area contributed by atoms with E-state index >= 15 is 0 Å². The molecule has 1 heterocycles. The lowest BCUT2D eigenvalue weighted by Crippen LogP contribution is -2.24.